The van der Waals surface area contributed by atoms with Gasteiger partial charge in [-0.05, 0) is 95.4 Å². The van der Waals surface area contributed by atoms with Crippen LogP contribution in [0.5, 0.6) is 0 Å². The van der Waals surface area contributed by atoms with Gasteiger partial charge in [0.2, 0.25) is 0 Å². The van der Waals surface area contributed by atoms with Crippen molar-refractivity contribution in [3.05, 3.63) is 29.0 Å². The van der Waals surface area contributed by atoms with Gasteiger partial charge >= 0.3 is 6.09 Å². The molecule has 1 aromatic carbocycles. The molecule has 1 aliphatic rings. The van der Waals surface area contributed by atoms with Gasteiger partial charge in [0.1, 0.15) is 5.60 Å². The lowest BCUT2D eigenvalue weighted by atomic mass is 9.81. The molecule has 37 heavy (non-hydrogen) atoms. The van der Waals surface area contributed by atoms with Crippen LogP contribution in [0.15, 0.2) is 16.7 Å². The summed E-state index contributed by atoms with van der Waals surface area (Å²) >= 11 is 0. The number of fused-ring (bicyclic) bond motifs is 1. The molecule has 2 aromatic rings. The zero-order valence-electron chi connectivity index (χ0n) is 24.8. The van der Waals surface area contributed by atoms with Gasteiger partial charge in [-0.15, -0.1) is 0 Å². The lowest BCUT2D eigenvalue weighted by molar-refractivity contribution is 0.0181. The Bertz CT molecular complexity index is 1030. The van der Waals surface area contributed by atoms with Crippen LogP contribution in [-0.2, 0) is 22.0 Å². The first-order valence-electron chi connectivity index (χ1n) is 14.3. The van der Waals surface area contributed by atoms with Crippen LogP contribution >= 0.6 is 0 Å². The zero-order valence-corrected chi connectivity index (χ0v) is 25.9. The number of hydrogen-bond donors (Lipinski definition) is 0. The van der Waals surface area contributed by atoms with E-state index >= 15 is 0 Å². The van der Waals surface area contributed by atoms with Crippen molar-refractivity contribution in [2.45, 2.75) is 118 Å². The van der Waals surface area contributed by atoms with E-state index in [4.69, 9.17) is 13.7 Å². The van der Waals surface area contributed by atoms with Crippen molar-refractivity contribution >= 4 is 26.1 Å². The number of aryl methyl sites for hydroxylation is 2. The molecule has 0 aliphatic carbocycles. The second-order valence-electron chi connectivity index (χ2n) is 13.1. The van der Waals surface area contributed by atoms with Gasteiger partial charge in [-0.3, -0.25) is 0 Å². The maximum Gasteiger partial charge on any atom is 0.410 e. The predicted molar refractivity (Wildman–Crippen MR) is 154 cm³/mol. The Hall–Kier alpha value is -1.86. The van der Waals surface area contributed by atoms with Gasteiger partial charge in [0.15, 0.2) is 14.6 Å². The van der Waals surface area contributed by atoms with E-state index in [1.807, 2.05) is 25.7 Å². The van der Waals surface area contributed by atoms with Crippen LogP contribution in [0, 0.1) is 11.3 Å². The summed E-state index contributed by atoms with van der Waals surface area (Å²) in [6, 6.07) is 4.50. The van der Waals surface area contributed by atoms with E-state index in [1.54, 1.807) is 0 Å². The van der Waals surface area contributed by atoms with Gasteiger partial charge in [-0.25, -0.2) is 4.79 Å². The molecule has 1 aliphatic heterocycles. The maximum absolute atomic E-state index is 12.4. The van der Waals surface area contributed by atoms with Gasteiger partial charge in [-0.1, -0.05) is 45.3 Å². The second-order valence-corrected chi connectivity index (χ2v) is 15.5. The van der Waals surface area contributed by atoms with E-state index in [0.29, 0.717) is 5.92 Å². The molecular formula is C30H50N2O4Si. The minimum absolute atomic E-state index is 0.00676. The van der Waals surface area contributed by atoms with Crippen LogP contribution in [0.25, 0.3) is 11.0 Å². The number of benzene rings is 1. The van der Waals surface area contributed by atoms with Gasteiger partial charge in [0, 0.05) is 24.0 Å². The molecule has 2 heterocycles. The minimum atomic E-state index is -1.28. The Kier molecular flexibility index (Phi) is 9.89. The van der Waals surface area contributed by atoms with Crippen molar-refractivity contribution in [2.75, 3.05) is 13.1 Å². The number of likely N-dealkylation sites (tertiary alicyclic amines) is 1. The standard InChI is InChI=1S/C30H50N2O4Si/c1-10-11-12-22-14-15-23-24(31-35-26(23)25(22)27(29(2,3)4)36-37(8)9)16-13-21-17-19-32(20-18-21)28(33)34-30(5,6)7/h14-15,21,27,37H,10-13,16-20H2,1-9H3. The van der Waals surface area contributed by atoms with Crippen molar-refractivity contribution in [3.8, 4) is 0 Å². The first-order valence-corrected chi connectivity index (χ1v) is 17.1. The third-order valence-electron chi connectivity index (χ3n) is 7.16. The third kappa shape index (κ3) is 8.06. The summed E-state index contributed by atoms with van der Waals surface area (Å²) in [7, 11) is -1.28. The first kappa shape index (κ1) is 29.7. The Balaban J connectivity index is 1.77. The van der Waals surface area contributed by atoms with Crippen LogP contribution in [0.3, 0.4) is 0 Å². The fourth-order valence-electron chi connectivity index (χ4n) is 5.22. The smallest absolute Gasteiger partial charge is 0.410 e. The number of rotatable bonds is 9. The zero-order chi connectivity index (χ0) is 27.4. The minimum Gasteiger partial charge on any atom is -0.444 e. The van der Waals surface area contributed by atoms with Crippen LogP contribution in [0.1, 0.15) is 103 Å². The SMILES string of the molecule is CCCCc1ccc2c(CCC3CCN(C(=O)OC(C)(C)C)CC3)noc2c1C(O[SiH](C)C)C(C)(C)C. The number of nitrogens with zero attached hydrogens (tertiary/aromatic N) is 2. The number of hydrogen-bond acceptors (Lipinski definition) is 5. The van der Waals surface area contributed by atoms with E-state index < -0.39 is 14.6 Å². The van der Waals surface area contributed by atoms with Crippen LogP contribution in [0.4, 0.5) is 4.79 Å². The average Bonchev–Trinajstić information content (AvgIpc) is 3.21. The van der Waals surface area contributed by atoms with E-state index in [-0.39, 0.29) is 17.6 Å². The Morgan fingerprint density at radius 1 is 1.14 bits per heavy atom. The molecule has 0 radical (unpaired) electrons. The lowest BCUT2D eigenvalue weighted by Gasteiger charge is -2.34. The summed E-state index contributed by atoms with van der Waals surface area (Å²) in [5, 5.41) is 5.71. The largest absolute Gasteiger partial charge is 0.444 e. The molecule has 6 nitrogen and oxygen atoms in total. The molecule has 1 unspecified atom stereocenters. The lowest BCUT2D eigenvalue weighted by Crippen LogP contribution is -2.41. The summed E-state index contributed by atoms with van der Waals surface area (Å²) in [5.74, 6) is 0.575. The highest BCUT2D eigenvalue weighted by Crippen LogP contribution is 2.43. The molecule has 1 amide bonds. The highest BCUT2D eigenvalue weighted by Gasteiger charge is 2.33. The molecular weight excluding hydrogens is 480 g/mol. The fraction of sp³-hybridized carbons (Fsp3) is 0.733. The van der Waals surface area contributed by atoms with E-state index in [9.17, 15) is 4.79 Å². The van der Waals surface area contributed by atoms with Crippen LogP contribution in [0.2, 0.25) is 13.1 Å². The van der Waals surface area contributed by atoms with E-state index in [1.165, 1.54) is 11.1 Å². The van der Waals surface area contributed by atoms with Gasteiger partial charge < -0.3 is 18.6 Å². The number of unbranched alkanes of at least 4 members (excludes halogenated alkanes) is 1. The molecule has 0 saturated carbocycles. The quantitative estimate of drug-likeness (QED) is 0.309. The molecule has 0 N–H and O–H groups in total. The summed E-state index contributed by atoms with van der Waals surface area (Å²) in [6.07, 6.45) is 7.08. The van der Waals surface area contributed by atoms with Crippen molar-refractivity contribution in [1.82, 2.24) is 10.1 Å². The Labute approximate surface area is 226 Å². The van der Waals surface area contributed by atoms with Crippen LogP contribution in [-0.4, -0.2) is 43.9 Å². The monoisotopic (exact) mass is 530 g/mol. The Morgan fingerprint density at radius 2 is 1.81 bits per heavy atom. The molecule has 7 heteroatoms. The molecule has 1 atom stereocenters. The number of aromatic nitrogens is 1. The summed E-state index contributed by atoms with van der Waals surface area (Å²) in [5.41, 5.74) is 4.01. The fourth-order valence-corrected chi connectivity index (χ4v) is 6.31. The van der Waals surface area contributed by atoms with Crippen molar-refractivity contribution in [1.29, 1.82) is 0 Å². The number of amides is 1. The van der Waals surface area contributed by atoms with Gasteiger partial charge in [0.05, 0.1) is 11.8 Å². The maximum atomic E-state index is 12.4. The molecule has 3 rings (SSSR count). The Morgan fingerprint density at radius 3 is 2.38 bits per heavy atom. The van der Waals surface area contributed by atoms with E-state index in [2.05, 4.69) is 58.1 Å². The average molecular weight is 531 g/mol. The van der Waals surface area contributed by atoms with Gasteiger partial charge in [0.25, 0.3) is 0 Å². The van der Waals surface area contributed by atoms with Crippen molar-refractivity contribution in [2.24, 2.45) is 11.3 Å². The second kappa shape index (κ2) is 12.3. The molecule has 1 aromatic heterocycles. The third-order valence-corrected chi connectivity index (χ3v) is 7.97. The highest BCUT2D eigenvalue weighted by atomic mass is 28.3. The summed E-state index contributed by atoms with van der Waals surface area (Å²) < 4.78 is 18.3. The highest BCUT2D eigenvalue weighted by molar-refractivity contribution is 6.48. The summed E-state index contributed by atoms with van der Waals surface area (Å²) in [6.45, 7) is 20.8. The van der Waals surface area contributed by atoms with E-state index in [0.717, 1.165) is 74.7 Å². The van der Waals surface area contributed by atoms with Gasteiger partial charge in [-0.2, -0.15) is 0 Å². The van der Waals surface area contributed by atoms with Crippen LogP contribution < -0.4 is 0 Å². The molecule has 208 valence electrons. The predicted octanol–water partition coefficient (Wildman–Crippen LogP) is 7.84. The van der Waals surface area contributed by atoms with Crippen molar-refractivity contribution < 1.29 is 18.5 Å². The molecule has 1 fully saturated rings. The number of carbonyl (C=O) groups excluding carboxylic acids is 1. The normalized spacial score (nSPS) is 16.5. The summed E-state index contributed by atoms with van der Waals surface area (Å²) in [4.78, 5) is 14.3. The number of piperidine rings is 1. The molecule has 0 bridgehead atoms. The van der Waals surface area contributed by atoms with Crippen molar-refractivity contribution in [3.63, 3.8) is 0 Å². The molecule has 0 spiro atoms. The number of carbonyl (C=O) groups is 1. The number of ether oxygens (including phenoxy) is 1. The topological polar surface area (TPSA) is 64.8 Å². The molecule has 1 saturated heterocycles. The first-order chi connectivity index (χ1) is 17.3.